The SMILES string of the molecule is CC(Nc1ccccc1F)c1cnn(C)c1. The number of anilines is 1. The van der Waals surface area contributed by atoms with Crippen LogP contribution in [0.4, 0.5) is 10.1 Å². The van der Waals surface area contributed by atoms with E-state index in [1.807, 2.05) is 20.2 Å². The summed E-state index contributed by atoms with van der Waals surface area (Å²) in [7, 11) is 1.86. The van der Waals surface area contributed by atoms with Crippen molar-refractivity contribution >= 4 is 5.69 Å². The summed E-state index contributed by atoms with van der Waals surface area (Å²) in [6, 6.07) is 6.68. The zero-order chi connectivity index (χ0) is 11.5. The lowest BCUT2D eigenvalue weighted by Crippen LogP contribution is -2.07. The Balaban J connectivity index is 2.13. The second kappa shape index (κ2) is 4.35. The largest absolute Gasteiger partial charge is 0.376 e. The lowest BCUT2D eigenvalue weighted by Gasteiger charge is -2.13. The van der Waals surface area contributed by atoms with Crippen molar-refractivity contribution in [3.8, 4) is 0 Å². The molecule has 1 unspecified atom stereocenters. The molecule has 0 fully saturated rings. The zero-order valence-electron chi connectivity index (χ0n) is 9.31. The number of nitrogens with one attached hydrogen (secondary N) is 1. The topological polar surface area (TPSA) is 29.9 Å². The van der Waals surface area contributed by atoms with E-state index >= 15 is 0 Å². The molecule has 1 aromatic carbocycles. The first kappa shape index (κ1) is 10.7. The number of benzene rings is 1. The molecular weight excluding hydrogens is 205 g/mol. The number of rotatable bonds is 3. The lowest BCUT2D eigenvalue weighted by atomic mass is 10.2. The summed E-state index contributed by atoms with van der Waals surface area (Å²) < 4.78 is 15.1. The van der Waals surface area contributed by atoms with E-state index in [1.165, 1.54) is 6.07 Å². The molecule has 1 N–H and O–H groups in total. The van der Waals surface area contributed by atoms with Crippen LogP contribution in [0.5, 0.6) is 0 Å². The maximum atomic E-state index is 13.4. The number of halogens is 1. The minimum absolute atomic E-state index is 0.0330. The van der Waals surface area contributed by atoms with Crippen molar-refractivity contribution in [1.29, 1.82) is 0 Å². The Labute approximate surface area is 93.9 Å². The van der Waals surface area contributed by atoms with Gasteiger partial charge in [-0.2, -0.15) is 5.10 Å². The molecule has 84 valence electrons. The number of aromatic nitrogens is 2. The molecule has 0 radical (unpaired) electrons. The van der Waals surface area contributed by atoms with Gasteiger partial charge in [0, 0.05) is 18.8 Å². The van der Waals surface area contributed by atoms with Crippen LogP contribution in [0.2, 0.25) is 0 Å². The molecule has 0 aliphatic rings. The molecule has 0 saturated heterocycles. The fourth-order valence-corrected chi connectivity index (χ4v) is 1.56. The smallest absolute Gasteiger partial charge is 0.146 e. The van der Waals surface area contributed by atoms with Crippen molar-refractivity contribution in [2.75, 3.05) is 5.32 Å². The predicted octanol–water partition coefficient (Wildman–Crippen LogP) is 2.73. The Morgan fingerprint density at radius 2 is 2.12 bits per heavy atom. The number of hydrogen-bond donors (Lipinski definition) is 1. The fraction of sp³-hybridized carbons (Fsp3) is 0.250. The van der Waals surface area contributed by atoms with Crippen molar-refractivity contribution < 1.29 is 4.39 Å². The monoisotopic (exact) mass is 219 g/mol. The van der Waals surface area contributed by atoms with Gasteiger partial charge in [0.1, 0.15) is 5.82 Å². The summed E-state index contributed by atoms with van der Waals surface area (Å²) in [5.41, 5.74) is 1.55. The molecule has 1 atom stereocenters. The Bertz CT molecular complexity index is 479. The van der Waals surface area contributed by atoms with Gasteiger partial charge in [-0.3, -0.25) is 4.68 Å². The second-order valence-electron chi connectivity index (χ2n) is 3.79. The lowest BCUT2D eigenvalue weighted by molar-refractivity contribution is 0.627. The quantitative estimate of drug-likeness (QED) is 0.860. The Kier molecular flexibility index (Phi) is 2.90. The summed E-state index contributed by atoms with van der Waals surface area (Å²) in [4.78, 5) is 0. The summed E-state index contributed by atoms with van der Waals surface area (Å²) in [5, 5.41) is 7.20. The molecule has 4 heteroatoms. The molecule has 0 saturated carbocycles. The number of hydrogen-bond acceptors (Lipinski definition) is 2. The van der Waals surface area contributed by atoms with Crippen LogP contribution in [0.25, 0.3) is 0 Å². The van der Waals surface area contributed by atoms with Gasteiger partial charge in [0.05, 0.1) is 17.9 Å². The Hall–Kier alpha value is -1.84. The summed E-state index contributed by atoms with van der Waals surface area (Å²) in [6.45, 7) is 1.98. The zero-order valence-corrected chi connectivity index (χ0v) is 9.31. The molecule has 1 heterocycles. The molecule has 0 aliphatic heterocycles. The van der Waals surface area contributed by atoms with Crippen LogP contribution >= 0.6 is 0 Å². The van der Waals surface area contributed by atoms with Crippen molar-refractivity contribution in [1.82, 2.24) is 9.78 Å². The van der Waals surface area contributed by atoms with Crippen molar-refractivity contribution in [3.05, 3.63) is 48.0 Å². The van der Waals surface area contributed by atoms with Crippen LogP contribution in [-0.4, -0.2) is 9.78 Å². The third-order valence-electron chi connectivity index (χ3n) is 2.47. The van der Waals surface area contributed by atoms with Gasteiger partial charge >= 0.3 is 0 Å². The molecule has 3 nitrogen and oxygen atoms in total. The number of nitrogens with zero attached hydrogens (tertiary/aromatic N) is 2. The maximum Gasteiger partial charge on any atom is 0.146 e. The van der Waals surface area contributed by atoms with E-state index in [-0.39, 0.29) is 11.9 Å². The van der Waals surface area contributed by atoms with Crippen LogP contribution in [-0.2, 0) is 7.05 Å². The van der Waals surface area contributed by atoms with Gasteiger partial charge in [0.2, 0.25) is 0 Å². The normalized spacial score (nSPS) is 12.4. The van der Waals surface area contributed by atoms with Gasteiger partial charge < -0.3 is 5.32 Å². The first-order valence-corrected chi connectivity index (χ1v) is 5.16. The second-order valence-corrected chi connectivity index (χ2v) is 3.79. The highest BCUT2D eigenvalue weighted by molar-refractivity contribution is 5.46. The number of para-hydroxylation sites is 1. The molecule has 0 aliphatic carbocycles. The predicted molar refractivity (Wildman–Crippen MR) is 61.6 cm³/mol. The molecule has 1 aromatic heterocycles. The highest BCUT2D eigenvalue weighted by Gasteiger charge is 2.09. The highest BCUT2D eigenvalue weighted by atomic mass is 19.1. The average molecular weight is 219 g/mol. The molecule has 0 bridgehead atoms. The minimum Gasteiger partial charge on any atom is -0.376 e. The highest BCUT2D eigenvalue weighted by Crippen LogP contribution is 2.20. The molecular formula is C12H14FN3. The van der Waals surface area contributed by atoms with Gasteiger partial charge in [0.15, 0.2) is 0 Å². The van der Waals surface area contributed by atoms with Crippen LogP contribution in [0.1, 0.15) is 18.5 Å². The van der Waals surface area contributed by atoms with Gasteiger partial charge in [-0.1, -0.05) is 12.1 Å². The van der Waals surface area contributed by atoms with Crippen molar-refractivity contribution in [2.45, 2.75) is 13.0 Å². The maximum absolute atomic E-state index is 13.4. The Morgan fingerprint density at radius 1 is 1.38 bits per heavy atom. The van der Waals surface area contributed by atoms with Gasteiger partial charge in [-0.25, -0.2) is 4.39 Å². The Morgan fingerprint density at radius 3 is 2.75 bits per heavy atom. The third kappa shape index (κ3) is 2.21. The molecule has 0 spiro atoms. The summed E-state index contributed by atoms with van der Waals surface area (Å²) >= 11 is 0. The third-order valence-corrected chi connectivity index (χ3v) is 2.47. The van der Waals surface area contributed by atoms with Crippen LogP contribution in [0, 0.1) is 5.82 Å². The first-order chi connectivity index (χ1) is 7.66. The van der Waals surface area contributed by atoms with Crippen LogP contribution in [0.3, 0.4) is 0 Å². The van der Waals surface area contributed by atoms with E-state index in [0.29, 0.717) is 5.69 Å². The van der Waals surface area contributed by atoms with E-state index in [9.17, 15) is 4.39 Å². The molecule has 2 rings (SSSR count). The standard InChI is InChI=1S/C12H14FN3/c1-9(10-7-14-16(2)8-10)15-12-6-4-3-5-11(12)13/h3-9,15H,1-2H3. The fourth-order valence-electron chi connectivity index (χ4n) is 1.56. The van der Waals surface area contributed by atoms with Gasteiger partial charge in [-0.15, -0.1) is 0 Å². The molecule has 0 amide bonds. The number of aryl methyl sites for hydroxylation is 1. The van der Waals surface area contributed by atoms with E-state index < -0.39 is 0 Å². The van der Waals surface area contributed by atoms with Crippen LogP contribution < -0.4 is 5.32 Å². The van der Waals surface area contributed by atoms with Crippen LogP contribution in [0.15, 0.2) is 36.7 Å². The van der Waals surface area contributed by atoms with E-state index in [2.05, 4.69) is 10.4 Å². The van der Waals surface area contributed by atoms with Crippen molar-refractivity contribution in [3.63, 3.8) is 0 Å². The van der Waals surface area contributed by atoms with Gasteiger partial charge in [0.25, 0.3) is 0 Å². The van der Waals surface area contributed by atoms with Crippen molar-refractivity contribution in [2.24, 2.45) is 7.05 Å². The summed E-state index contributed by atoms with van der Waals surface area (Å²) in [5.74, 6) is -0.238. The van der Waals surface area contributed by atoms with Gasteiger partial charge in [-0.05, 0) is 19.1 Å². The summed E-state index contributed by atoms with van der Waals surface area (Å²) in [6.07, 6.45) is 3.69. The average Bonchev–Trinajstić information content (AvgIpc) is 2.68. The minimum atomic E-state index is -0.238. The first-order valence-electron chi connectivity index (χ1n) is 5.16. The molecule has 16 heavy (non-hydrogen) atoms. The molecule has 2 aromatic rings. The van der Waals surface area contributed by atoms with E-state index in [0.717, 1.165) is 5.56 Å². The van der Waals surface area contributed by atoms with E-state index in [1.54, 1.807) is 29.1 Å². The van der Waals surface area contributed by atoms with E-state index in [4.69, 9.17) is 0 Å².